The summed E-state index contributed by atoms with van der Waals surface area (Å²) in [5, 5.41) is 10.8. The van der Waals surface area contributed by atoms with E-state index in [0.717, 1.165) is 43.5 Å². The summed E-state index contributed by atoms with van der Waals surface area (Å²) >= 11 is 0. The zero-order chi connectivity index (χ0) is 17.7. The normalized spacial score (nSPS) is 15.9. The molecule has 0 spiro atoms. The molecule has 1 aromatic carbocycles. The number of aliphatic imine (C=N–C) groups is 1. The summed E-state index contributed by atoms with van der Waals surface area (Å²) in [5.41, 5.74) is 3.81. The minimum absolute atomic E-state index is 0.241. The smallest absolute Gasteiger partial charge is 0.191 e. The van der Waals surface area contributed by atoms with Crippen LogP contribution >= 0.6 is 0 Å². The monoisotopic (exact) mass is 340 g/mol. The molecule has 1 aromatic heterocycles. The maximum Gasteiger partial charge on any atom is 0.191 e. The van der Waals surface area contributed by atoms with Gasteiger partial charge in [-0.1, -0.05) is 35.5 Å². The molecule has 1 fully saturated rings. The van der Waals surface area contributed by atoms with E-state index in [2.05, 4.69) is 53.0 Å². The second-order valence-electron chi connectivity index (χ2n) is 6.82. The Labute approximate surface area is 149 Å². The van der Waals surface area contributed by atoms with Gasteiger partial charge < -0.3 is 15.2 Å². The van der Waals surface area contributed by atoms with Crippen molar-refractivity contribution < 1.29 is 4.52 Å². The van der Waals surface area contributed by atoms with Gasteiger partial charge in [0.1, 0.15) is 5.76 Å². The van der Waals surface area contributed by atoms with Crippen molar-refractivity contribution in [2.24, 2.45) is 4.99 Å². The maximum absolute atomic E-state index is 5.23. The van der Waals surface area contributed by atoms with Crippen LogP contribution in [0.5, 0.6) is 0 Å². The van der Waals surface area contributed by atoms with Gasteiger partial charge >= 0.3 is 0 Å². The molecule has 0 atom stereocenters. The Bertz CT molecular complexity index is 697. The molecule has 1 aliphatic rings. The van der Waals surface area contributed by atoms with Gasteiger partial charge in [-0.25, -0.2) is 0 Å². The van der Waals surface area contributed by atoms with Gasteiger partial charge in [-0.3, -0.25) is 4.99 Å². The molecule has 0 aliphatic heterocycles. The van der Waals surface area contributed by atoms with Crippen LogP contribution in [0.3, 0.4) is 0 Å². The lowest BCUT2D eigenvalue weighted by Gasteiger charge is -2.16. The van der Waals surface area contributed by atoms with Gasteiger partial charge in [-0.2, -0.15) is 0 Å². The molecule has 0 radical (unpaired) electrons. The van der Waals surface area contributed by atoms with Gasteiger partial charge in [0.25, 0.3) is 0 Å². The third-order valence-electron chi connectivity index (χ3n) is 4.97. The van der Waals surface area contributed by atoms with Crippen LogP contribution in [0.2, 0.25) is 0 Å². The number of nitrogens with zero attached hydrogens (tertiary/aromatic N) is 2. The molecule has 0 amide bonds. The van der Waals surface area contributed by atoms with E-state index in [-0.39, 0.29) is 5.41 Å². The first-order chi connectivity index (χ1) is 12.1. The maximum atomic E-state index is 5.23. The largest absolute Gasteiger partial charge is 0.361 e. The lowest BCUT2D eigenvalue weighted by atomic mass is 9.96. The number of hydrogen-bond acceptors (Lipinski definition) is 3. The van der Waals surface area contributed by atoms with Crippen LogP contribution < -0.4 is 10.6 Å². The predicted octanol–water partition coefficient (Wildman–Crippen LogP) is 3.12. The highest BCUT2D eigenvalue weighted by molar-refractivity contribution is 5.79. The lowest BCUT2D eigenvalue weighted by molar-refractivity contribution is 0.392. The Hall–Kier alpha value is -2.30. The lowest BCUT2D eigenvalue weighted by Crippen LogP contribution is -2.39. The molecule has 0 unspecified atom stereocenters. The van der Waals surface area contributed by atoms with Crippen molar-refractivity contribution in [1.29, 1.82) is 0 Å². The van der Waals surface area contributed by atoms with E-state index in [4.69, 9.17) is 9.52 Å². The van der Waals surface area contributed by atoms with Gasteiger partial charge in [0.2, 0.25) is 0 Å². The van der Waals surface area contributed by atoms with Crippen molar-refractivity contribution in [1.82, 2.24) is 15.8 Å². The van der Waals surface area contributed by atoms with Gasteiger partial charge in [0.15, 0.2) is 5.96 Å². The Balaban J connectivity index is 1.58. The van der Waals surface area contributed by atoms with Crippen molar-refractivity contribution in [2.45, 2.75) is 45.4 Å². The average Bonchev–Trinajstić information content (AvgIpc) is 3.36. The van der Waals surface area contributed by atoms with E-state index in [1.807, 2.05) is 13.8 Å². The van der Waals surface area contributed by atoms with Crippen LogP contribution in [-0.2, 0) is 11.8 Å². The highest BCUT2D eigenvalue weighted by Gasteiger charge is 2.43. The van der Waals surface area contributed by atoms with Crippen LogP contribution in [0.15, 0.2) is 39.8 Å². The van der Waals surface area contributed by atoms with Gasteiger partial charge in [-0.15, -0.1) is 0 Å². The second-order valence-corrected chi connectivity index (χ2v) is 6.82. The highest BCUT2D eigenvalue weighted by atomic mass is 16.5. The number of hydrogen-bond donors (Lipinski definition) is 2. The van der Waals surface area contributed by atoms with E-state index < -0.39 is 0 Å². The van der Waals surface area contributed by atoms with Crippen molar-refractivity contribution in [3.05, 3.63) is 52.9 Å². The van der Waals surface area contributed by atoms with Crippen LogP contribution in [0.25, 0.3) is 0 Å². The first kappa shape index (κ1) is 17.5. The molecule has 25 heavy (non-hydrogen) atoms. The molecule has 0 saturated heterocycles. The molecule has 2 N–H and O–H groups in total. The van der Waals surface area contributed by atoms with Gasteiger partial charge in [0.05, 0.1) is 12.2 Å². The fourth-order valence-electron chi connectivity index (χ4n) is 3.22. The summed E-state index contributed by atoms with van der Waals surface area (Å²) in [6, 6.07) is 10.8. The third kappa shape index (κ3) is 4.21. The van der Waals surface area contributed by atoms with Crippen LogP contribution in [0.4, 0.5) is 0 Å². The zero-order valence-corrected chi connectivity index (χ0v) is 15.4. The molecule has 0 bridgehead atoms. The van der Waals surface area contributed by atoms with Crippen molar-refractivity contribution >= 4 is 5.96 Å². The summed E-state index contributed by atoms with van der Waals surface area (Å²) in [4.78, 5) is 4.84. The van der Waals surface area contributed by atoms with Crippen LogP contribution in [0.1, 0.15) is 42.3 Å². The SMILES string of the molecule is CCNC(=NCC1(c2ccccc2)CC1)NCCc1c(C)noc1C. The number of guanidine groups is 1. The standard InChI is InChI=1S/C20H28N4O/c1-4-21-19(22-13-10-18-15(2)24-25-16(18)3)23-14-20(11-12-20)17-8-6-5-7-9-17/h5-9H,4,10-14H2,1-3H3,(H2,21,22,23). The number of rotatable bonds is 7. The molecule has 1 saturated carbocycles. The van der Waals surface area contributed by atoms with Crippen LogP contribution in [-0.4, -0.2) is 30.8 Å². The molecule has 5 nitrogen and oxygen atoms in total. The number of aromatic nitrogens is 1. The summed E-state index contributed by atoms with van der Waals surface area (Å²) in [7, 11) is 0. The molecule has 5 heteroatoms. The van der Waals surface area contributed by atoms with E-state index in [1.54, 1.807) is 0 Å². The summed E-state index contributed by atoms with van der Waals surface area (Å²) in [6.45, 7) is 8.54. The zero-order valence-electron chi connectivity index (χ0n) is 15.4. The molecule has 2 aromatic rings. The fraction of sp³-hybridized carbons (Fsp3) is 0.500. The molecule has 134 valence electrons. The second kappa shape index (κ2) is 7.72. The Morgan fingerprint density at radius 1 is 1.20 bits per heavy atom. The molecule has 3 rings (SSSR count). The van der Waals surface area contributed by atoms with Gasteiger partial charge in [0, 0.05) is 24.1 Å². The fourth-order valence-corrected chi connectivity index (χ4v) is 3.22. The third-order valence-corrected chi connectivity index (χ3v) is 4.97. The number of aryl methyl sites for hydroxylation is 2. The Morgan fingerprint density at radius 3 is 2.56 bits per heavy atom. The summed E-state index contributed by atoms with van der Waals surface area (Å²) in [6.07, 6.45) is 3.33. The van der Waals surface area contributed by atoms with Crippen molar-refractivity contribution in [3.63, 3.8) is 0 Å². The minimum Gasteiger partial charge on any atom is -0.361 e. The summed E-state index contributed by atoms with van der Waals surface area (Å²) in [5.74, 6) is 1.79. The minimum atomic E-state index is 0.241. The summed E-state index contributed by atoms with van der Waals surface area (Å²) < 4.78 is 5.23. The van der Waals surface area contributed by atoms with E-state index in [1.165, 1.54) is 24.0 Å². The molecule has 1 heterocycles. The Morgan fingerprint density at radius 2 is 1.96 bits per heavy atom. The van der Waals surface area contributed by atoms with E-state index >= 15 is 0 Å². The predicted molar refractivity (Wildman–Crippen MR) is 101 cm³/mol. The number of benzene rings is 1. The molecular weight excluding hydrogens is 312 g/mol. The molecular formula is C20H28N4O. The van der Waals surface area contributed by atoms with Crippen molar-refractivity contribution in [2.75, 3.05) is 19.6 Å². The van der Waals surface area contributed by atoms with Gasteiger partial charge in [-0.05, 0) is 45.6 Å². The average molecular weight is 340 g/mol. The first-order valence-corrected chi connectivity index (χ1v) is 9.14. The van der Waals surface area contributed by atoms with E-state index in [9.17, 15) is 0 Å². The highest BCUT2D eigenvalue weighted by Crippen LogP contribution is 2.48. The first-order valence-electron chi connectivity index (χ1n) is 9.14. The quantitative estimate of drug-likeness (QED) is 0.600. The molecule has 1 aliphatic carbocycles. The number of nitrogens with one attached hydrogen (secondary N) is 2. The topological polar surface area (TPSA) is 62.5 Å². The van der Waals surface area contributed by atoms with Crippen molar-refractivity contribution in [3.8, 4) is 0 Å². The van der Waals surface area contributed by atoms with E-state index in [0.29, 0.717) is 0 Å². The van der Waals surface area contributed by atoms with Crippen LogP contribution in [0, 0.1) is 13.8 Å². The Kier molecular flexibility index (Phi) is 5.41.